The summed E-state index contributed by atoms with van der Waals surface area (Å²) < 4.78 is 10.4. The molecule has 0 aromatic heterocycles. The van der Waals surface area contributed by atoms with Gasteiger partial charge in [0.05, 0.1) is 3.57 Å². The standard InChI is InChI=1S/C12H11IO5/c1-6(14)9-4-10(17-7(2)15)12(13)11(5-9)18-8(3)16/h4-5H,1-3H3. The SMILES string of the molecule is CC(=O)Oc1cc(C(C)=O)cc(OC(C)=O)c1I. The molecule has 18 heavy (non-hydrogen) atoms. The molecule has 6 heteroatoms. The number of halogens is 1. The molecule has 0 N–H and O–H groups in total. The minimum absolute atomic E-state index is 0.201. The van der Waals surface area contributed by atoms with Gasteiger partial charge in [0.15, 0.2) is 5.78 Å². The zero-order chi connectivity index (χ0) is 13.9. The molecule has 96 valence electrons. The lowest BCUT2D eigenvalue weighted by Crippen LogP contribution is -2.08. The lowest BCUT2D eigenvalue weighted by molar-refractivity contribution is -0.132. The number of benzene rings is 1. The maximum absolute atomic E-state index is 11.3. The molecule has 0 aliphatic rings. The average molecular weight is 362 g/mol. The first-order chi connectivity index (χ1) is 8.31. The van der Waals surface area contributed by atoms with E-state index in [0.29, 0.717) is 9.13 Å². The molecule has 0 atom stereocenters. The summed E-state index contributed by atoms with van der Waals surface area (Å²) in [5, 5.41) is 0. The van der Waals surface area contributed by atoms with Crippen LogP contribution in [0, 0.1) is 3.57 Å². The number of carbonyl (C=O) groups excluding carboxylic acids is 3. The van der Waals surface area contributed by atoms with Crippen molar-refractivity contribution in [2.24, 2.45) is 0 Å². The summed E-state index contributed by atoms with van der Waals surface area (Å²) in [5.74, 6) is -0.836. The predicted octanol–water partition coefficient (Wildman–Crippen LogP) is 2.34. The van der Waals surface area contributed by atoms with Crippen LogP contribution in [0.3, 0.4) is 0 Å². The van der Waals surface area contributed by atoms with Crippen molar-refractivity contribution in [3.05, 3.63) is 21.3 Å². The molecule has 0 saturated carbocycles. The van der Waals surface area contributed by atoms with Gasteiger partial charge in [-0.2, -0.15) is 0 Å². The summed E-state index contributed by atoms with van der Waals surface area (Å²) in [6.45, 7) is 3.88. The highest BCUT2D eigenvalue weighted by Crippen LogP contribution is 2.32. The van der Waals surface area contributed by atoms with E-state index in [-0.39, 0.29) is 17.3 Å². The highest BCUT2D eigenvalue weighted by Gasteiger charge is 2.16. The van der Waals surface area contributed by atoms with Crippen molar-refractivity contribution in [1.29, 1.82) is 0 Å². The smallest absolute Gasteiger partial charge is 0.308 e. The molecule has 0 fully saturated rings. The largest absolute Gasteiger partial charge is 0.425 e. The number of ether oxygens (including phenoxy) is 2. The fourth-order valence-corrected chi connectivity index (χ4v) is 1.77. The van der Waals surface area contributed by atoms with Gasteiger partial charge in [0, 0.05) is 19.4 Å². The van der Waals surface area contributed by atoms with Crippen LogP contribution in [-0.4, -0.2) is 17.7 Å². The number of rotatable bonds is 3. The number of carbonyl (C=O) groups is 3. The van der Waals surface area contributed by atoms with Gasteiger partial charge in [-0.3, -0.25) is 14.4 Å². The summed E-state index contributed by atoms with van der Waals surface area (Å²) in [7, 11) is 0. The Morgan fingerprint density at radius 2 is 1.33 bits per heavy atom. The van der Waals surface area contributed by atoms with Crippen molar-refractivity contribution in [2.45, 2.75) is 20.8 Å². The van der Waals surface area contributed by atoms with Crippen LogP contribution in [0.25, 0.3) is 0 Å². The van der Waals surface area contributed by atoms with Gasteiger partial charge in [-0.25, -0.2) is 0 Å². The Kier molecular flexibility index (Phi) is 4.83. The molecule has 0 unspecified atom stereocenters. The van der Waals surface area contributed by atoms with E-state index in [1.54, 1.807) is 0 Å². The van der Waals surface area contributed by atoms with Crippen molar-refractivity contribution < 1.29 is 23.9 Å². The Morgan fingerprint density at radius 1 is 0.944 bits per heavy atom. The summed E-state index contributed by atoms with van der Waals surface area (Å²) in [5.41, 5.74) is 0.308. The van der Waals surface area contributed by atoms with Crippen molar-refractivity contribution in [3.8, 4) is 11.5 Å². The zero-order valence-electron chi connectivity index (χ0n) is 10.1. The van der Waals surface area contributed by atoms with Crippen LogP contribution in [-0.2, 0) is 9.59 Å². The lowest BCUT2D eigenvalue weighted by atomic mass is 10.1. The summed E-state index contributed by atoms with van der Waals surface area (Å²) in [6.07, 6.45) is 0. The van der Waals surface area contributed by atoms with Gasteiger partial charge < -0.3 is 9.47 Å². The Labute approximate surface area is 118 Å². The molecular weight excluding hydrogens is 351 g/mol. The molecule has 0 amide bonds. The van der Waals surface area contributed by atoms with E-state index < -0.39 is 11.9 Å². The van der Waals surface area contributed by atoms with Crippen molar-refractivity contribution in [2.75, 3.05) is 0 Å². The maximum atomic E-state index is 11.3. The number of hydrogen-bond acceptors (Lipinski definition) is 5. The fourth-order valence-electron chi connectivity index (χ4n) is 1.23. The van der Waals surface area contributed by atoms with Gasteiger partial charge in [0.2, 0.25) is 0 Å². The second-order valence-electron chi connectivity index (χ2n) is 3.53. The molecule has 0 radical (unpaired) electrons. The highest BCUT2D eigenvalue weighted by atomic mass is 127. The van der Waals surface area contributed by atoms with Crippen LogP contribution in [0.4, 0.5) is 0 Å². The second-order valence-corrected chi connectivity index (χ2v) is 4.61. The molecule has 1 rings (SSSR count). The Bertz CT molecular complexity index is 484. The minimum atomic E-state index is -0.512. The third-order valence-electron chi connectivity index (χ3n) is 1.92. The fraction of sp³-hybridized carbons (Fsp3) is 0.250. The van der Waals surface area contributed by atoms with Crippen molar-refractivity contribution >= 4 is 40.3 Å². The number of esters is 2. The van der Waals surface area contributed by atoms with Gasteiger partial charge >= 0.3 is 11.9 Å². The number of hydrogen-bond donors (Lipinski definition) is 0. The monoisotopic (exact) mass is 362 g/mol. The number of Topliss-reactive ketones (excluding diaryl/α,β-unsaturated/α-hetero) is 1. The Morgan fingerprint density at radius 3 is 1.61 bits per heavy atom. The van der Waals surface area contributed by atoms with E-state index in [1.807, 2.05) is 22.6 Å². The molecule has 0 saturated heterocycles. The summed E-state index contributed by atoms with van der Waals surface area (Å²) in [6, 6.07) is 2.89. The molecule has 0 bridgehead atoms. The molecule has 0 aliphatic carbocycles. The zero-order valence-corrected chi connectivity index (χ0v) is 12.2. The van der Waals surface area contributed by atoms with Gasteiger partial charge in [-0.1, -0.05) is 0 Å². The minimum Gasteiger partial charge on any atom is -0.425 e. The average Bonchev–Trinajstić information content (AvgIpc) is 2.22. The summed E-state index contributed by atoms with van der Waals surface area (Å²) >= 11 is 1.88. The molecule has 0 aliphatic heterocycles. The Hall–Kier alpha value is -1.44. The first-order valence-corrected chi connectivity index (χ1v) is 6.10. The van der Waals surface area contributed by atoms with Crippen LogP contribution in [0.1, 0.15) is 31.1 Å². The van der Waals surface area contributed by atoms with Crippen LogP contribution in [0.2, 0.25) is 0 Å². The lowest BCUT2D eigenvalue weighted by Gasteiger charge is -2.11. The number of ketones is 1. The van der Waals surface area contributed by atoms with Crippen LogP contribution >= 0.6 is 22.6 Å². The van der Waals surface area contributed by atoms with Gasteiger partial charge in [0.25, 0.3) is 0 Å². The van der Waals surface area contributed by atoms with E-state index in [4.69, 9.17) is 9.47 Å². The van der Waals surface area contributed by atoms with Gasteiger partial charge in [-0.15, -0.1) is 0 Å². The maximum Gasteiger partial charge on any atom is 0.308 e. The van der Waals surface area contributed by atoms with E-state index in [1.165, 1.54) is 32.9 Å². The van der Waals surface area contributed by atoms with E-state index >= 15 is 0 Å². The molecule has 1 aromatic carbocycles. The third-order valence-corrected chi connectivity index (χ3v) is 2.98. The van der Waals surface area contributed by atoms with Gasteiger partial charge in [0.1, 0.15) is 11.5 Å². The third kappa shape index (κ3) is 3.80. The van der Waals surface area contributed by atoms with E-state index in [2.05, 4.69) is 0 Å². The van der Waals surface area contributed by atoms with E-state index in [9.17, 15) is 14.4 Å². The van der Waals surface area contributed by atoms with Crippen molar-refractivity contribution in [3.63, 3.8) is 0 Å². The van der Waals surface area contributed by atoms with Crippen LogP contribution < -0.4 is 9.47 Å². The van der Waals surface area contributed by atoms with Gasteiger partial charge in [-0.05, 0) is 41.6 Å². The highest BCUT2D eigenvalue weighted by molar-refractivity contribution is 14.1. The molecule has 0 spiro atoms. The molecule has 0 heterocycles. The van der Waals surface area contributed by atoms with Crippen LogP contribution in [0.15, 0.2) is 12.1 Å². The normalized spacial score (nSPS) is 9.78. The Balaban J connectivity index is 3.32. The molecule has 1 aromatic rings. The van der Waals surface area contributed by atoms with E-state index in [0.717, 1.165) is 0 Å². The first-order valence-electron chi connectivity index (χ1n) is 5.02. The van der Waals surface area contributed by atoms with Crippen molar-refractivity contribution in [1.82, 2.24) is 0 Å². The first kappa shape index (κ1) is 14.6. The predicted molar refractivity (Wildman–Crippen MR) is 71.8 cm³/mol. The second kappa shape index (κ2) is 5.94. The van der Waals surface area contributed by atoms with Crippen LogP contribution in [0.5, 0.6) is 11.5 Å². The molecular formula is C12H11IO5. The summed E-state index contributed by atoms with van der Waals surface area (Å²) in [4.78, 5) is 33.3. The topological polar surface area (TPSA) is 69.7 Å². The quantitative estimate of drug-likeness (QED) is 0.357. The molecule has 5 nitrogen and oxygen atoms in total.